The summed E-state index contributed by atoms with van der Waals surface area (Å²) in [5, 5.41) is 5.64. The molecule has 1 amide bonds. The summed E-state index contributed by atoms with van der Waals surface area (Å²) in [4.78, 5) is 23.7. The molecule has 1 aliphatic heterocycles. The molecule has 84 valence electrons. The van der Waals surface area contributed by atoms with Crippen LogP contribution in [0.15, 0.2) is 30.7 Å². The molecule has 0 saturated heterocycles. The van der Waals surface area contributed by atoms with Crippen molar-refractivity contribution in [1.82, 2.24) is 15.0 Å². The van der Waals surface area contributed by atoms with Crippen LogP contribution in [0.5, 0.6) is 0 Å². The maximum atomic E-state index is 11.1. The molecule has 3 heterocycles. The van der Waals surface area contributed by atoms with Crippen LogP contribution in [0.2, 0.25) is 0 Å². The highest BCUT2D eigenvalue weighted by Crippen LogP contribution is 2.24. The number of carbonyl (C=O) groups excluding carboxylic acids is 1. The first-order chi connectivity index (χ1) is 8.33. The fourth-order valence-electron chi connectivity index (χ4n) is 1.60. The molecule has 0 aromatic carbocycles. The van der Waals surface area contributed by atoms with Crippen molar-refractivity contribution in [2.45, 2.75) is 0 Å². The van der Waals surface area contributed by atoms with Crippen LogP contribution in [0.4, 0.5) is 11.5 Å². The lowest BCUT2D eigenvalue weighted by atomic mass is 10.2. The van der Waals surface area contributed by atoms with Crippen LogP contribution >= 0.6 is 0 Å². The monoisotopic (exact) mass is 227 g/mol. The lowest BCUT2D eigenvalue weighted by molar-refractivity contribution is -0.114. The molecule has 0 radical (unpaired) electrons. The lowest BCUT2D eigenvalue weighted by Crippen LogP contribution is -2.28. The Morgan fingerprint density at radius 1 is 1.29 bits per heavy atom. The highest BCUT2D eigenvalue weighted by molar-refractivity contribution is 5.99. The molecular weight excluding hydrogens is 218 g/mol. The van der Waals surface area contributed by atoms with E-state index in [1.54, 1.807) is 18.6 Å². The zero-order valence-electron chi connectivity index (χ0n) is 8.84. The number of hydrogen-bond acceptors (Lipinski definition) is 5. The molecule has 6 heteroatoms. The van der Waals surface area contributed by atoms with Crippen molar-refractivity contribution in [1.29, 1.82) is 0 Å². The van der Waals surface area contributed by atoms with Crippen LogP contribution in [0.3, 0.4) is 0 Å². The molecule has 2 N–H and O–H groups in total. The van der Waals surface area contributed by atoms with Crippen molar-refractivity contribution in [2.75, 3.05) is 17.2 Å². The number of nitrogens with zero attached hydrogens (tertiary/aromatic N) is 3. The standard InChI is InChI=1S/C11H9N5O/c17-9-6-14-11-8(15-9)5-13-10(16-11)7-2-1-3-12-4-7/h1-5H,6H2,(H,15,17)(H,13,14,16). The lowest BCUT2D eigenvalue weighted by Gasteiger charge is -2.17. The second-order valence-electron chi connectivity index (χ2n) is 3.60. The van der Waals surface area contributed by atoms with E-state index in [9.17, 15) is 4.79 Å². The molecule has 3 rings (SSSR count). The van der Waals surface area contributed by atoms with E-state index in [4.69, 9.17) is 0 Å². The quantitative estimate of drug-likeness (QED) is 0.756. The molecular formula is C11H9N5O. The third-order valence-corrected chi connectivity index (χ3v) is 2.40. The number of rotatable bonds is 1. The summed E-state index contributed by atoms with van der Waals surface area (Å²) in [6.45, 7) is 0.233. The van der Waals surface area contributed by atoms with Crippen molar-refractivity contribution in [3.63, 3.8) is 0 Å². The Kier molecular flexibility index (Phi) is 2.18. The molecule has 17 heavy (non-hydrogen) atoms. The highest BCUT2D eigenvalue weighted by atomic mass is 16.2. The van der Waals surface area contributed by atoms with Crippen molar-refractivity contribution >= 4 is 17.4 Å². The topological polar surface area (TPSA) is 79.8 Å². The average Bonchev–Trinajstić information content (AvgIpc) is 2.39. The van der Waals surface area contributed by atoms with Gasteiger partial charge in [0.05, 0.1) is 12.7 Å². The molecule has 0 aliphatic carbocycles. The Morgan fingerprint density at radius 3 is 3.06 bits per heavy atom. The third-order valence-electron chi connectivity index (χ3n) is 2.40. The Morgan fingerprint density at radius 2 is 2.24 bits per heavy atom. The maximum absolute atomic E-state index is 11.1. The Hall–Kier alpha value is -2.50. The number of aromatic nitrogens is 3. The number of hydrogen-bond donors (Lipinski definition) is 2. The SMILES string of the molecule is O=C1CNc2nc(-c3cccnc3)ncc2N1. The first kappa shape index (κ1) is 9.71. The van der Waals surface area contributed by atoms with Gasteiger partial charge in [0.25, 0.3) is 0 Å². The number of carbonyl (C=O) groups is 1. The van der Waals surface area contributed by atoms with Crippen molar-refractivity contribution in [2.24, 2.45) is 0 Å². The second kappa shape index (κ2) is 3.82. The van der Waals surface area contributed by atoms with Crippen molar-refractivity contribution < 1.29 is 4.79 Å². The smallest absolute Gasteiger partial charge is 0.243 e. The zero-order valence-corrected chi connectivity index (χ0v) is 8.84. The van der Waals surface area contributed by atoms with E-state index in [-0.39, 0.29) is 12.5 Å². The molecule has 0 atom stereocenters. The fraction of sp³-hybridized carbons (Fsp3) is 0.0909. The van der Waals surface area contributed by atoms with Gasteiger partial charge in [0.1, 0.15) is 5.69 Å². The predicted molar refractivity (Wildman–Crippen MR) is 62.4 cm³/mol. The van der Waals surface area contributed by atoms with Gasteiger partial charge in [-0.15, -0.1) is 0 Å². The highest BCUT2D eigenvalue weighted by Gasteiger charge is 2.16. The van der Waals surface area contributed by atoms with Crippen LogP contribution in [-0.4, -0.2) is 27.4 Å². The first-order valence-corrected chi connectivity index (χ1v) is 5.14. The van der Waals surface area contributed by atoms with Crippen molar-refractivity contribution in [3.8, 4) is 11.4 Å². The van der Waals surface area contributed by atoms with Gasteiger partial charge in [0, 0.05) is 18.0 Å². The number of amides is 1. The molecule has 0 saturated carbocycles. The van der Waals surface area contributed by atoms with Crippen LogP contribution < -0.4 is 10.6 Å². The van der Waals surface area contributed by atoms with Crippen LogP contribution in [0.25, 0.3) is 11.4 Å². The van der Waals surface area contributed by atoms with Gasteiger partial charge in [-0.3, -0.25) is 9.78 Å². The zero-order chi connectivity index (χ0) is 11.7. The minimum Gasteiger partial charge on any atom is -0.359 e. The molecule has 0 unspecified atom stereocenters. The van der Waals surface area contributed by atoms with Gasteiger partial charge in [-0.05, 0) is 12.1 Å². The molecule has 1 aliphatic rings. The van der Waals surface area contributed by atoms with E-state index in [2.05, 4.69) is 25.6 Å². The number of fused-ring (bicyclic) bond motifs is 1. The summed E-state index contributed by atoms with van der Waals surface area (Å²) in [7, 11) is 0. The van der Waals surface area contributed by atoms with E-state index >= 15 is 0 Å². The number of pyridine rings is 1. The molecule has 2 aromatic heterocycles. The average molecular weight is 227 g/mol. The summed E-state index contributed by atoms with van der Waals surface area (Å²) >= 11 is 0. The third kappa shape index (κ3) is 1.80. The second-order valence-corrected chi connectivity index (χ2v) is 3.60. The Bertz CT molecular complexity index is 569. The van der Waals surface area contributed by atoms with Crippen LogP contribution in [0.1, 0.15) is 0 Å². The largest absolute Gasteiger partial charge is 0.359 e. The van der Waals surface area contributed by atoms with Crippen molar-refractivity contribution in [3.05, 3.63) is 30.7 Å². The van der Waals surface area contributed by atoms with Gasteiger partial charge in [-0.25, -0.2) is 9.97 Å². The number of nitrogens with one attached hydrogen (secondary N) is 2. The Balaban J connectivity index is 2.02. The van der Waals surface area contributed by atoms with E-state index in [1.165, 1.54) is 0 Å². The van der Waals surface area contributed by atoms with E-state index in [1.807, 2.05) is 12.1 Å². The Labute approximate surface area is 97.1 Å². The fourth-order valence-corrected chi connectivity index (χ4v) is 1.60. The summed E-state index contributed by atoms with van der Waals surface area (Å²) in [6, 6.07) is 3.71. The molecule has 2 aromatic rings. The minimum atomic E-state index is -0.0878. The predicted octanol–water partition coefficient (Wildman–Crippen LogP) is 0.903. The van der Waals surface area contributed by atoms with Crippen LogP contribution in [0, 0.1) is 0 Å². The molecule has 0 fully saturated rings. The van der Waals surface area contributed by atoms with Gasteiger partial charge in [0.15, 0.2) is 11.6 Å². The minimum absolute atomic E-state index is 0.0878. The van der Waals surface area contributed by atoms with Gasteiger partial charge in [0.2, 0.25) is 5.91 Å². The summed E-state index contributed by atoms with van der Waals surface area (Å²) in [6.07, 6.45) is 4.98. The van der Waals surface area contributed by atoms with Crippen LogP contribution in [-0.2, 0) is 4.79 Å². The van der Waals surface area contributed by atoms with E-state index < -0.39 is 0 Å². The first-order valence-electron chi connectivity index (χ1n) is 5.14. The summed E-state index contributed by atoms with van der Waals surface area (Å²) in [5.74, 6) is 1.13. The molecule has 0 bridgehead atoms. The van der Waals surface area contributed by atoms with E-state index in [0.717, 1.165) is 5.56 Å². The van der Waals surface area contributed by atoms with Gasteiger partial charge >= 0.3 is 0 Å². The van der Waals surface area contributed by atoms with E-state index in [0.29, 0.717) is 17.3 Å². The van der Waals surface area contributed by atoms with Gasteiger partial charge in [-0.1, -0.05) is 0 Å². The van der Waals surface area contributed by atoms with Gasteiger partial charge in [-0.2, -0.15) is 0 Å². The molecule has 0 spiro atoms. The molecule has 6 nitrogen and oxygen atoms in total. The normalized spacial score (nSPS) is 13.5. The summed E-state index contributed by atoms with van der Waals surface area (Å²) < 4.78 is 0. The maximum Gasteiger partial charge on any atom is 0.243 e. The number of anilines is 2. The van der Waals surface area contributed by atoms with Gasteiger partial charge < -0.3 is 10.6 Å². The summed E-state index contributed by atoms with van der Waals surface area (Å²) in [5.41, 5.74) is 1.45.